The van der Waals surface area contributed by atoms with Gasteiger partial charge in [0.25, 0.3) is 5.91 Å². The first-order valence-corrected chi connectivity index (χ1v) is 10.8. The van der Waals surface area contributed by atoms with Crippen molar-refractivity contribution >= 4 is 17.8 Å². The van der Waals surface area contributed by atoms with Gasteiger partial charge in [0.15, 0.2) is 0 Å². The molecule has 1 saturated carbocycles. The summed E-state index contributed by atoms with van der Waals surface area (Å²) in [4.78, 5) is 40.6. The van der Waals surface area contributed by atoms with Crippen LogP contribution < -0.4 is 5.32 Å². The predicted octanol–water partition coefficient (Wildman–Crippen LogP) is 2.89. The van der Waals surface area contributed by atoms with Gasteiger partial charge in [0.1, 0.15) is 12.1 Å². The fourth-order valence-corrected chi connectivity index (χ4v) is 4.63. The molecular weight excluding hydrogens is 366 g/mol. The molecule has 2 aliphatic heterocycles. The van der Waals surface area contributed by atoms with Crippen LogP contribution in [0.2, 0.25) is 0 Å². The van der Waals surface area contributed by atoms with E-state index in [9.17, 15) is 14.4 Å². The molecule has 3 fully saturated rings. The molecule has 3 aliphatic rings. The Kier molecular flexibility index (Phi) is 5.36. The number of nitrogens with one attached hydrogen (secondary N) is 1. The molecule has 1 unspecified atom stereocenters. The number of hydrogen-bond acceptors (Lipinski definition) is 3. The first-order chi connectivity index (χ1) is 13.9. The molecule has 0 aromatic heterocycles. The van der Waals surface area contributed by atoms with Crippen LogP contribution in [0.3, 0.4) is 0 Å². The number of imide groups is 1. The van der Waals surface area contributed by atoms with Crippen molar-refractivity contribution in [2.45, 2.75) is 57.9 Å². The smallest absolute Gasteiger partial charge is 0.325 e. The van der Waals surface area contributed by atoms with Crippen molar-refractivity contribution < 1.29 is 14.4 Å². The number of hydrogen-bond donors (Lipinski definition) is 1. The molecule has 1 atom stereocenters. The quantitative estimate of drug-likeness (QED) is 0.751. The molecule has 29 heavy (non-hydrogen) atoms. The minimum absolute atomic E-state index is 0.120. The van der Waals surface area contributed by atoms with Gasteiger partial charge in [-0.05, 0) is 69.8 Å². The van der Waals surface area contributed by atoms with Gasteiger partial charge in [-0.15, -0.1) is 0 Å². The number of amides is 4. The Morgan fingerprint density at radius 2 is 1.76 bits per heavy atom. The molecule has 6 heteroatoms. The highest BCUT2D eigenvalue weighted by Crippen LogP contribution is 2.42. The van der Waals surface area contributed by atoms with E-state index in [0.717, 1.165) is 43.4 Å². The summed E-state index contributed by atoms with van der Waals surface area (Å²) in [6.07, 6.45) is 6.09. The summed E-state index contributed by atoms with van der Waals surface area (Å²) in [7, 11) is 0. The monoisotopic (exact) mass is 397 g/mol. The summed E-state index contributed by atoms with van der Waals surface area (Å²) in [5, 5.41) is 2.81. The van der Waals surface area contributed by atoms with E-state index >= 15 is 0 Å². The van der Waals surface area contributed by atoms with Crippen LogP contribution in [0.1, 0.15) is 50.2 Å². The highest BCUT2D eigenvalue weighted by Gasteiger charge is 2.56. The van der Waals surface area contributed by atoms with Crippen molar-refractivity contribution in [1.29, 1.82) is 0 Å². The summed E-state index contributed by atoms with van der Waals surface area (Å²) in [5.74, 6) is 0.468. The minimum atomic E-state index is -0.819. The van der Waals surface area contributed by atoms with Gasteiger partial charge < -0.3 is 10.2 Å². The topological polar surface area (TPSA) is 69.7 Å². The largest absolute Gasteiger partial charge is 0.341 e. The maximum Gasteiger partial charge on any atom is 0.325 e. The summed E-state index contributed by atoms with van der Waals surface area (Å²) < 4.78 is 0. The molecule has 0 spiro atoms. The zero-order valence-electron chi connectivity index (χ0n) is 17.4. The number of rotatable bonds is 6. The lowest BCUT2D eigenvalue weighted by Crippen LogP contribution is -2.48. The molecule has 2 saturated heterocycles. The molecule has 4 amide bonds. The minimum Gasteiger partial charge on any atom is -0.341 e. The van der Waals surface area contributed by atoms with Gasteiger partial charge in [-0.1, -0.05) is 29.8 Å². The van der Waals surface area contributed by atoms with Crippen LogP contribution >= 0.6 is 0 Å². The van der Waals surface area contributed by atoms with Gasteiger partial charge in [-0.3, -0.25) is 14.5 Å². The highest BCUT2D eigenvalue weighted by molar-refractivity contribution is 6.09. The van der Waals surface area contributed by atoms with E-state index in [2.05, 4.69) is 36.5 Å². The SMILES string of the molecule is Cc1ccc(CCC2CCN(C(=O)CN3C(=O)NC(C)(C4CC4)C3=O)CC2)cc1. The van der Waals surface area contributed by atoms with E-state index in [-0.39, 0.29) is 24.3 Å². The third kappa shape index (κ3) is 4.16. The van der Waals surface area contributed by atoms with E-state index in [0.29, 0.717) is 19.0 Å². The van der Waals surface area contributed by atoms with Crippen molar-refractivity contribution in [3.8, 4) is 0 Å². The van der Waals surface area contributed by atoms with E-state index in [1.54, 1.807) is 6.92 Å². The number of piperidine rings is 1. The lowest BCUT2D eigenvalue weighted by Gasteiger charge is -2.33. The van der Waals surface area contributed by atoms with Crippen molar-refractivity contribution in [2.24, 2.45) is 11.8 Å². The summed E-state index contributed by atoms with van der Waals surface area (Å²) in [5.41, 5.74) is 1.83. The molecule has 1 aromatic rings. The van der Waals surface area contributed by atoms with Gasteiger partial charge >= 0.3 is 6.03 Å². The van der Waals surface area contributed by atoms with Crippen molar-refractivity contribution in [3.05, 3.63) is 35.4 Å². The second-order valence-corrected chi connectivity index (χ2v) is 9.15. The first kappa shape index (κ1) is 19.9. The second kappa shape index (κ2) is 7.81. The molecule has 0 bridgehead atoms. The lowest BCUT2D eigenvalue weighted by molar-refractivity contribution is -0.139. The average molecular weight is 398 g/mol. The molecule has 2 heterocycles. The fourth-order valence-electron chi connectivity index (χ4n) is 4.63. The highest BCUT2D eigenvalue weighted by atomic mass is 16.2. The van der Waals surface area contributed by atoms with Crippen LogP contribution in [-0.4, -0.2) is 52.8 Å². The van der Waals surface area contributed by atoms with Crippen LogP contribution in [0.15, 0.2) is 24.3 Å². The number of benzene rings is 1. The zero-order valence-corrected chi connectivity index (χ0v) is 17.4. The third-order valence-electron chi connectivity index (χ3n) is 6.92. The van der Waals surface area contributed by atoms with Crippen LogP contribution in [-0.2, 0) is 16.0 Å². The Morgan fingerprint density at radius 3 is 2.38 bits per heavy atom. The number of urea groups is 1. The maximum atomic E-state index is 12.7. The van der Waals surface area contributed by atoms with Crippen LogP contribution in [0.25, 0.3) is 0 Å². The molecule has 1 aromatic carbocycles. The maximum absolute atomic E-state index is 12.7. The Hall–Kier alpha value is -2.37. The van der Waals surface area contributed by atoms with Crippen LogP contribution in [0.4, 0.5) is 4.79 Å². The number of aryl methyl sites for hydroxylation is 2. The number of likely N-dealkylation sites (tertiary alicyclic amines) is 1. The molecule has 0 radical (unpaired) electrons. The number of nitrogens with zero attached hydrogens (tertiary/aromatic N) is 2. The Morgan fingerprint density at radius 1 is 1.10 bits per heavy atom. The molecule has 4 rings (SSSR count). The van der Waals surface area contributed by atoms with Gasteiger partial charge in [0.2, 0.25) is 5.91 Å². The molecule has 6 nitrogen and oxygen atoms in total. The first-order valence-electron chi connectivity index (χ1n) is 10.8. The van der Waals surface area contributed by atoms with Crippen LogP contribution in [0, 0.1) is 18.8 Å². The lowest BCUT2D eigenvalue weighted by atomic mass is 9.90. The van der Waals surface area contributed by atoms with Crippen LogP contribution in [0.5, 0.6) is 0 Å². The molecule has 1 N–H and O–H groups in total. The molecule has 156 valence electrons. The van der Waals surface area contributed by atoms with Gasteiger partial charge in [0.05, 0.1) is 0 Å². The number of carbonyl (C=O) groups is 3. The summed E-state index contributed by atoms with van der Waals surface area (Å²) in [6.45, 7) is 5.17. The van der Waals surface area contributed by atoms with Gasteiger partial charge in [-0.2, -0.15) is 0 Å². The second-order valence-electron chi connectivity index (χ2n) is 9.15. The van der Waals surface area contributed by atoms with E-state index < -0.39 is 11.6 Å². The standard InChI is InChI=1S/C23H31N3O3/c1-16-3-5-17(6-4-16)7-8-18-11-13-25(14-12-18)20(27)15-26-21(28)23(2,19-9-10-19)24-22(26)29/h3-6,18-19H,7-15H2,1-2H3,(H,24,29). The Labute approximate surface area is 172 Å². The molecular formula is C23H31N3O3. The third-order valence-corrected chi connectivity index (χ3v) is 6.92. The van der Waals surface area contributed by atoms with Gasteiger partial charge in [0, 0.05) is 13.1 Å². The molecule has 1 aliphatic carbocycles. The zero-order chi connectivity index (χ0) is 20.6. The van der Waals surface area contributed by atoms with E-state index in [1.807, 2.05) is 4.90 Å². The van der Waals surface area contributed by atoms with Crippen molar-refractivity contribution in [2.75, 3.05) is 19.6 Å². The van der Waals surface area contributed by atoms with Crippen molar-refractivity contribution in [1.82, 2.24) is 15.1 Å². The van der Waals surface area contributed by atoms with Gasteiger partial charge in [-0.25, -0.2) is 4.79 Å². The Balaban J connectivity index is 1.24. The number of carbonyl (C=O) groups excluding carboxylic acids is 3. The van der Waals surface area contributed by atoms with E-state index in [4.69, 9.17) is 0 Å². The average Bonchev–Trinajstić information content (AvgIpc) is 3.54. The van der Waals surface area contributed by atoms with E-state index in [1.165, 1.54) is 11.1 Å². The summed E-state index contributed by atoms with van der Waals surface area (Å²) in [6, 6.07) is 8.27. The normalized spacial score (nSPS) is 25.4. The van der Waals surface area contributed by atoms with Crippen molar-refractivity contribution in [3.63, 3.8) is 0 Å². The summed E-state index contributed by atoms with van der Waals surface area (Å²) >= 11 is 0. The Bertz CT molecular complexity index is 794. The fraction of sp³-hybridized carbons (Fsp3) is 0.609. The predicted molar refractivity (Wildman–Crippen MR) is 110 cm³/mol.